The predicted octanol–water partition coefficient (Wildman–Crippen LogP) is 2.97. The van der Waals surface area contributed by atoms with E-state index in [-0.39, 0.29) is 22.3 Å². The third-order valence-electron chi connectivity index (χ3n) is 3.02. The van der Waals surface area contributed by atoms with Gasteiger partial charge >= 0.3 is 0 Å². The van der Waals surface area contributed by atoms with Gasteiger partial charge in [0.15, 0.2) is 5.75 Å². The molecule has 0 atom stereocenters. The lowest BCUT2D eigenvalue weighted by Gasteiger charge is -2.09. The number of aromatic hydroxyl groups is 1. The highest BCUT2D eigenvalue weighted by atomic mass is 127. The minimum atomic E-state index is -0.868. The van der Waals surface area contributed by atoms with Crippen LogP contribution in [-0.2, 0) is 0 Å². The lowest BCUT2D eigenvalue weighted by atomic mass is 10.2. The summed E-state index contributed by atoms with van der Waals surface area (Å²) in [6.45, 7) is 0. The standard InChI is InChI=1S/C14H7F2IN2O2/c15-7-1-4-11(9(16)5-7)19-6-18-12-8(14(19)21)2-3-10(17)13(12)20/h1-6,20H. The predicted molar refractivity (Wildman–Crippen MR) is 81.6 cm³/mol. The molecule has 0 aliphatic heterocycles. The van der Waals surface area contributed by atoms with Crippen LogP contribution < -0.4 is 5.56 Å². The van der Waals surface area contributed by atoms with Crippen LogP contribution in [0.2, 0.25) is 0 Å². The summed E-state index contributed by atoms with van der Waals surface area (Å²) in [6, 6.07) is 5.97. The Labute approximate surface area is 130 Å². The fourth-order valence-electron chi connectivity index (χ4n) is 2.00. The van der Waals surface area contributed by atoms with Crippen LogP contribution in [0.15, 0.2) is 41.5 Å². The van der Waals surface area contributed by atoms with Crippen molar-refractivity contribution in [2.45, 2.75) is 0 Å². The molecule has 0 fully saturated rings. The summed E-state index contributed by atoms with van der Waals surface area (Å²) in [5.74, 6) is -1.70. The summed E-state index contributed by atoms with van der Waals surface area (Å²) in [7, 11) is 0. The number of phenolic OH excluding ortho intramolecular Hbond substituents is 1. The van der Waals surface area contributed by atoms with E-state index in [1.54, 1.807) is 6.07 Å². The molecular formula is C14H7F2IN2O2. The Morgan fingerprint density at radius 2 is 1.95 bits per heavy atom. The van der Waals surface area contributed by atoms with Gasteiger partial charge in [0.25, 0.3) is 5.56 Å². The summed E-state index contributed by atoms with van der Waals surface area (Å²) in [4.78, 5) is 16.4. The van der Waals surface area contributed by atoms with Gasteiger partial charge in [-0.05, 0) is 46.9 Å². The molecule has 3 rings (SSSR count). The van der Waals surface area contributed by atoms with Crippen LogP contribution >= 0.6 is 22.6 Å². The van der Waals surface area contributed by atoms with Gasteiger partial charge in [-0.3, -0.25) is 9.36 Å². The number of nitrogens with zero attached hydrogens (tertiary/aromatic N) is 2. The number of halogens is 3. The molecule has 0 amide bonds. The van der Waals surface area contributed by atoms with E-state index in [9.17, 15) is 18.7 Å². The summed E-state index contributed by atoms with van der Waals surface area (Å²) in [6.07, 6.45) is 1.11. The average molecular weight is 400 g/mol. The van der Waals surface area contributed by atoms with Gasteiger partial charge in [-0.25, -0.2) is 13.8 Å². The van der Waals surface area contributed by atoms with E-state index in [0.29, 0.717) is 9.64 Å². The zero-order valence-corrected chi connectivity index (χ0v) is 12.5. The molecule has 0 radical (unpaired) electrons. The fourth-order valence-corrected chi connectivity index (χ4v) is 2.44. The minimum absolute atomic E-state index is 0.100. The smallest absolute Gasteiger partial charge is 0.266 e. The number of fused-ring (bicyclic) bond motifs is 1. The largest absolute Gasteiger partial charge is 0.505 e. The van der Waals surface area contributed by atoms with Gasteiger partial charge in [0.05, 0.1) is 14.6 Å². The van der Waals surface area contributed by atoms with Gasteiger partial charge in [-0.15, -0.1) is 0 Å². The van der Waals surface area contributed by atoms with Gasteiger partial charge in [-0.2, -0.15) is 0 Å². The maximum Gasteiger partial charge on any atom is 0.266 e. The number of benzene rings is 2. The first-order valence-electron chi connectivity index (χ1n) is 5.83. The number of hydrogen-bond donors (Lipinski definition) is 1. The number of aromatic nitrogens is 2. The van der Waals surface area contributed by atoms with E-state index in [2.05, 4.69) is 4.98 Å². The summed E-state index contributed by atoms with van der Waals surface area (Å²) in [5, 5.41) is 10.0. The third-order valence-corrected chi connectivity index (χ3v) is 3.89. The van der Waals surface area contributed by atoms with Crippen molar-refractivity contribution in [2.75, 3.05) is 0 Å². The Balaban J connectivity index is 2.33. The van der Waals surface area contributed by atoms with Crippen LogP contribution in [0.25, 0.3) is 16.6 Å². The lowest BCUT2D eigenvalue weighted by molar-refractivity contribution is 0.476. The molecule has 0 saturated heterocycles. The second-order valence-electron chi connectivity index (χ2n) is 4.31. The first-order chi connectivity index (χ1) is 9.99. The fraction of sp³-hybridized carbons (Fsp3) is 0. The van der Waals surface area contributed by atoms with Crippen LogP contribution in [0.5, 0.6) is 5.75 Å². The van der Waals surface area contributed by atoms with Crippen molar-refractivity contribution in [3.05, 3.63) is 62.2 Å². The Hall–Kier alpha value is -2.03. The van der Waals surface area contributed by atoms with E-state index in [1.807, 2.05) is 22.6 Å². The van der Waals surface area contributed by atoms with Crippen LogP contribution in [0.1, 0.15) is 0 Å². The highest BCUT2D eigenvalue weighted by molar-refractivity contribution is 14.1. The minimum Gasteiger partial charge on any atom is -0.505 e. The molecule has 0 spiro atoms. The Kier molecular flexibility index (Phi) is 3.36. The summed E-state index contributed by atoms with van der Waals surface area (Å²) in [5.41, 5.74) is -0.503. The molecule has 1 heterocycles. The highest BCUT2D eigenvalue weighted by Crippen LogP contribution is 2.26. The van der Waals surface area contributed by atoms with E-state index in [4.69, 9.17) is 0 Å². The molecule has 1 N–H and O–H groups in total. The molecule has 0 aliphatic rings. The van der Waals surface area contributed by atoms with E-state index in [1.165, 1.54) is 6.07 Å². The van der Waals surface area contributed by atoms with Gasteiger partial charge in [0.2, 0.25) is 0 Å². The molecular weight excluding hydrogens is 393 g/mol. The van der Waals surface area contributed by atoms with Crippen LogP contribution in [0, 0.1) is 15.2 Å². The molecule has 3 aromatic rings. The molecule has 4 nitrogen and oxygen atoms in total. The van der Waals surface area contributed by atoms with Crippen molar-refractivity contribution >= 4 is 33.5 Å². The normalized spacial score (nSPS) is 11.0. The summed E-state index contributed by atoms with van der Waals surface area (Å²) < 4.78 is 28.2. The molecule has 1 aromatic heterocycles. The zero-order chi connectivity index (χ0) is 15.1. The zero-order valence-electron chi connectivity index (χ0n) is 10.3. The van der Waals surface area contributed by atoms with Gasteiger partial charge < -0.3 is 5.11 Å². The molecule has 2 aromatic carbocycles. The van der Waals surface area contributed by atoms with Crippen LogP contribution in [-0.4, -0.2) is 14.7 Å². The van der Waals surface area contributed by atoms with Gasteiger partial charge in [-0.1, -0.05) is 0 Å². The topological polar surface area (TPSA) is 55.1 Å². The SMILES string of the molecule is O=c1c2ccc(I)c(O)c2ncn1-c1ccc(F)cc1F. The third kappa shape index (κ3) is 2.27. The van der Waals surface area contributed by atoms with Crippen molar-refractivity contribution in [3.63, 3.8) is 0 Å². The average Bonchev–Trinajstić information content (AvgIpc) is 2.44. The first kappa shape index (κ1) is 13.9. The van der Waals surface area contributed by atoms with Crippen molar-refractivity contribution < 1.29 is 13.9 Å². The van der Waals surface area contributed by atoms with Gasteiger partial charge in [0, 0.05) is 6.07 Å². The maximum atomic E-state index is 13.8. The van der Waals surface area contributed by atoms with E-state index in [0.717, 1.165) is 23.0 Å². The van der Waals surface area contributed by atoms with Gasteiger partial charge in [0.1, 0.15) is 23.5 Å². The number of hydrogen-bond acceptors (Lipinski definition) is 3. The monoisotopic (exact) mass is 400 g/mol. The Morgan fingerprint density at radius 1 is 1.19 bits per heavy atom. The first-order valence-corrected chi connectivity index (χ1v) is 6.91. The number of rotatable bonds is 1. The Bertz CT molecular complexity index is 925. The molecule has 0 bridgehead atoms. The molecule has 106 valence electrons. The number of phenols is 1. The van der Waals surface area contributed by atoms with E-state index < -0.39 is 17.2 Å². The van der Waals surface area contributed by atoms with Crippen LogP contribution in [0.4, 0.5) is 8.78 Å². The maximum absolute atomic E-state index is 13.8. The molecule has 0 unspecified atom stereocenters. The quantitative estimate of drug-likeness (QED) is 0.640. The molecule has 0 aliphatic carbocycles. The molecule has 7 heteroatoms. The highest BCUT2D eigenvalue weighted by Gasteiger charge is 2.13. The van der Waals surface area contributed by atoms with Crippen molar-refractivity contribution in [1.82, 2.24) is 9.55 Å². The molecule has 0 saturated carbocycles. The summed E-state index contributed by atoms with van der Waals surface area (Å²) >= 11 is 1.91. The van der Waals surface area contributed by atoms with Crippen molar-refractivity contribution in [2.24, 2.45) is 0 Å². The molecule has 21 heavy (non-hydrogen) atoms. The lowest BCUT2D eigenvalue weighted by Crippen LogP contribution is -2.20. The van der Waals surface area contributed by atoms with E-state index >= 15 is 0 Å². The van der Waals surface area contributed by atoms with Crippen LogP contribution in [0.3, 0.4) is 0 Å². The van der Waals surface area contributed by atoms with Crippen molar-refractivity contribution in [1.29, 1.82) is 0 Å². The van der Waals surface area contributed by atoms with Crippen molar-refractivity contribution in [3.8, 4) is 11.4 Å². The second kappa shape index (κ2) is 5.06. The second-order valence-corrected chi connectivity index (χ2v) is 5.47. The Morgan fingerprint density at radius 3 is 2.67 bits per heavy atom.